The number of hydrogen-bond acceptors (Lipinski definition) is 2. The average molecular weight is 380 g/mol. The summed E-state index contributed by atoms with van der Waals surface area (Å²) >= 11 is 15.4. The SMILES string of the molecule is NC1(CC(=O)Nc2ccc(Br)c(Cl)c2Cl)CCCCC1. The second kappa shape index (κ2) is 6.65. The van der Waals surface area contributed by atoms with Crippen molar-refractivity contribution in [2.75, 3.05) is 5.32 Å². The first kappa shape index (κ1) is 16.1. The molecule has 0 radical (unpaired) electrons. The van der Waals surface area contributed by atoms with Crippen molar-refractivity contribution in [3.8, 4) is 0 Å². The molecule has 0 saturated heterocycles. The molecule has 0 aromatic heterocycles. The number of nitrogens with one attached hydrogen (secondary N) is 1. The van der Waals surface area contributed by atoms with E-state index in [0.717, 1.165) is 25.7 Å². The fourth-order valence-electron chi connectivity index (χ4n) is 2.57. The van der Waals surface area contributed by atoms with E-state index in [1.54, 1.807) is 12.1 Å². The lowest BCUT2D eigenvalue weighted by molar-refractivity contribution is -0.117. The van der Waals surface area contributed by atoms with Gasteiger partial charge in [0.1, 0.15) is 0 Å². The topological polar surface area (TPSA) is 55.1 Å². The molecule has 110 valence electrons. The fourth-order valence-corrected chi connectivity index (χ4v) is 3.39. The Morgan fingerprint density at radius 3 is 2.55 bits per heavy atom. The number of halogens is 3. The zero-order valence-corrected chi connectivity index (χ0v) is 14.1. The van der Waals surface area contributed by atoms with Gasteiger partial charge >= 0.3 is 0 Å². The first-order chi connectivity index (χ1) is 9.41. The minimum absolute atomic E-state index is 0.116. The fraction of sp³-hybridized carbons (Fsp3) is 0.500. The van der Waals surface area contributed by atoms with Crippen molar-refractivity contribution in [3.05, 3.63) is 26.7 Å². The summed E-state index contributed by atoms with van der Waals surface area (Å²) in [7, 11) is 0. The summed E-state index contributed by atoms with van der Waals surface area (Å²) in [5.74, 6) is -0.116. The van der Waals surface area contributed by atoms with E-state index >= 15 is 0 Å². The third kappa shape index (κ3) is 3.88. The van der Waals surface area contributed by atoms with Crippen molar-refractivity contribution in [2.45, 2.75) is 44.1 Å². The lowest BCUT2D eigenvalue weighted by Gasteiger charge is -2.32. The Balaban J connectivity index is 2.03. The minimum Gasteiger partial charge on any atom is -0.325 e. The Labute approximate surface area is 137 Å². The summed E-state index contributed by atoms with van der Waals surface area (Å²) in [6.07, 6.45) is 5.50. The summed E-state index contributed by atoms with van der Waals surface area (Å²) in [6.45, 7) is 0. The van der Waals surface area contributed by atoms with Crippen LogP contribution in [0.25, 0.3) is 0 Å². The molecule has 1 aliphatic carbocycles. The number of amides is 1. The van der Waals surface area contributed by atoms with Crippen molar-refractivity contribution in [1.82, 2.24) is 0 Å². The monoisotopic (exact) mass is 378 g/mol. The minimum atomic E-state index is -0.381. The Morgan fingerprint density at radius 1 is 1.25 bits per heavy atom. The molecule has 0 atom stereocenters. The molecule has 0 spiro atoms. The predicted octanol–water partition coefficient (Wildman–Crippen LogP) is 4.75. The second-order valence-corrected chi connectivity index (χ2v) is 6.98. The number of carbonyl (C=O) groups excluding carboxylic acids is 1. The molecule has 0 unspecified atom stereocenters. The molecule has 1 aromatic carbocycles. The van der Waals surface area contributed by atoms with Crippen LogP contribution in [0.4, 0.5) is 5.69 Å². The number of hydrogen-bond donors (Lipinski definition) is 2. The Morgan fingerprint density at radius 2 is 1.90 bits per heavy atom. The maximum absolute atomic E-state index is 12.1. The maximum atomic E-state index is 12.1. The van der Waals surface area contributed by atoms with Crippen LogP contribution in [-0.4, -0.2) is 11.4 Å². The molecule has 1 amide bonds. The van der Waals surface area contributed by atoms with E-state index in [9.17, 15) is 4.79 Å². The van der Waals surface area contributed by atoms with Crippen LogP contribution in [0.1, 0.15) is 38.5 Å². The van der Waals surface area contributed by atoms with Gasteiger partial charge in [0.05, 0.1) is 15.7 Å². The van der Waals surface area contributed by atoms with Gasteiger partial charge in [0, 0.05) is 16.4 Å². The largest absolute Gasteiger partial charge is 0.325 e. The summed E-state index contributed by atoms with van der Waals surface area (Å²) in [5.41, 5.74) is 6.42. The van der Waals surface area contributed by atoms with Gasteiger partial charge in [-0.3, -0.25) is 4.79 Å². The van der Waals surface area contributed by atoms with E-state index in [1.807, 2.05) is 0 Å². The first-order valence-corrected chi connectivity index (χ1v) is 8.18. The maximum Gasteiger partial charge on any atom is 0.226 e. The Hall–Kier alpha value is -0.290. The van der Waals surface area contributed by atoms with Gasteiger partial charge in [0.2, 0.25) is 5.91 Å². The molecule has 6 heteroatoms. The molecular formula is C14H17BrCl2N2O. The van der Waals surface area contributed by atoms with Crippen molar-refractivity contribution in [3.63, 3.8) is 0 Å². The van der Waals surface area contributed by atoms with Gasteiger partial charge in [-0.15, -0.1) is 0 Å². The number of benzene rings is 1. The highest BCUT2D eigenvalue weighted by atomic mass is 79.9. The normalized spacial score (nSPS) is 17.8. The highest BCUT2D eigenvalue weighted by Crippen LogP contribution is 2.36. The first-order valence-electron chi connectivity index (χ1n) is 6.63. The van der Waals surface area contributed by atoms with E-state index < -0.39 is 0 Å². The van der Waals surface area contributed by atoms with E-state index in [2.05, 4.69) is 21.2 Å². The molecule has 20 heavy (non-hydrogen) atoms. The van der Waals surface area contributed by atoms with E-state index in [4.69, 9.17) is 28.9 Å². The summed E-state index contributed by atoms with van der Waals surface area (Å²) < 4.78 is 0.699. The zero-order chi connectivity index (χ0) is 14.8. The van der Waals surface area contributed by atoms with Crippen LogP contribution >= 0.6 is 39.1 Å². The van der Waals surface area contributed by atoms with Gasteiger partial charge in [-0.25, -0.2) is 0 Å². The van der Waals surface area contributed by atoms with Crippen LogP contribution in [0.3, 0.4) is 0 Å². The van der Waals surface area contributed by atoms with E-state index in [0.29, 0.717) is 26.6 Å². The number of rotatable bonds is 3. The van der Waals surface area contributed by atoms with Crippen LogP contribution in [0.2, 0.25) is 10.0 Å². The Kier molecular flexibility index (Phi) is 5.35. The van der Waals surface area contributed by atoms with Gasteiger partial charge in [0.15, 0.2) is 0 Å². The molecule has 0 heterocycles. The van der Waals surface area contributed by atoms with Crippen molar-refractivity contribution in [1.29, 1.82) is 0 Å². The highest BCUT2D eigenvalue weighted by Gasteiger charge is 2.30. The van der Waals surface area contributed by atoms with E-state index in [-0.39, 0.29) is 11.4 Å². The molecule has 1 aliphatic rings. The smallest absolute Gasteiger partial charge is 0.226 e. The van der Waals surface area contributed by atoms with Gasteiger partial charge in [-0.1, -0.05) is 42.5 Å². The van der Waals surface area contributed by atoms with Crippen LogP contribution in [0.15, 0.2) is 16.6 Å². The third-order valence-corrected chi connectivity index (χ3v) is 5.44. The van der Waals surface area contributed by atoms with Gasteiger partial charge in [-0.2, -0.15) is 0 Å². The lowest BCUT2D eigenvalue weighted by atomic mass is 9.80. The second-order valence-electron chi connectivity index (χ2n) is 5.37. The molecule has 1 aromatic rings. The van der Waals surface area contributed by atoms with E-state index in [1.165, 1.54) is 6.42 Å². The number of carbonyl (C=O) groups is 1. The van der Waals surface area contributed by atoms with Crippen LogP contribution in [0, 0.1) is 0 Å². The van der Waals surface area contributed by atoms with Gasteiger partial charge < -0.3 is 11.1 Å². The van der Waals surface area contributed by atoms with Crippen LogP contribution in [-0.2, 0) is 4.79 Å². The molecule has 1 saturated carbocycles. The number of nitrogens with two attached hydrogens (primary N) is 1. The van der Waals surface area contributed by atoms with Crippen LogP contribution in [0.5, 0.6) is 0 Å². The summed E-state index contributed by atoms with van der Waals surface area (Å²) in [4.78, 5) is 12.1. The standard InChI is InChI=1S/C14H17BrCl2N2O/c15-9-4-5-10(13(17)12(9)16)19-11(20)8-14(18)6-2-1-3-7-14/h4-5H,1-3,6-8,18H2,(H,19,20). The molecule has 0 bridgehead atoms. The molecular weight excluding hydrogens is 363 g/mol. The zero-order valence-electron chi connectivity index (χ0n) is 11.0. The third-order valence-electron chi connectivity index (χ3n) is 3.67. The quantitative estimate of drug-likeness (QED) is 0.744. The van der Waals surface area contributed by atoms with Crippen LogP contribution < -0.4 is 11.1 Å². The summed E-state index contributed by atoms with van der Waals surface area (Å²) in [6, 6.07) is 3.48. The molecule has 0 aliphatic heterocycles. The van der Waals surface area contributed by atoms with Gasteiger partial charge in [-0.05, 0) is 40.9 Å². The average Bonchev–Trinajstić information content (AvgIpc) is 2.40. The van der Waals surface area contributed by atoms with Crippen molar-refractivity contribution < 1.29 is 4.79 Å². The highest BCUT2D eigenvalue weighted by molar-refractivity contribution is 9.10. The molecule has 1 fully saturated rings. The van der Waals surface area contributed by atoms with Crippen molar-refractivity contribution in [2.24, 2.45) is 5.73 Å². The number of anilines is 1. The van der Waals surface area contributed by atoms with Crippen molar-refractivity contribution >= 4 is 50.7 Å². The predicted molar refractivity (Wildman–Crippen MR) is 87.4 cm³/mol. The molecule has 3 N–H and O–H groups in total. The van der Waals surface area contributed by atoms with Gasteiger partial charge in [0.25, 0.3) is 0 Å². The summed E-state index contributed by atoms with van der Waals surface area (Å²) in [5, 5.41) is 3.52. The molecule has 3 nitrogen and oxygen atoms in total. The lowest BCUT2D eigenvalue weighted by Crippen LogP contribution is -2.44. The Bertz CT molecular complexity index is 516. The molecule has 2 rings (SSSR count).